The van der Waals surface area contributed by atoms with Gasteiger partial charge >= 0.3 is 0 Å². The summed E-state index contributed by atoms with van der Waals surface area (Å²) in [5.41, 5.74) is 1.69. The molecule has 0 amide bonds. The zero-order valence-corrected chi connectivity index (χ0v) is 16.9. The van der Waals surface area contributed by atoms with Crippen LogP contribution in [-0.4, -0.2) is 31.2 Å². The number of rotatable bonds is 8. The molecule has 3 rings (SSSR count). The number of benzene rings is 1. The number of halogens is 1. The maximum absolute atomic E-state index is 11.5. The summed E-state index contributed by atoms with van der Waals surface area (Å²) in [6.07, 6.45) is 3.04. The van der Waals surface area contributed by atoms with Crippen LogP contribution in [0.4, 0.5) is 5.95 Å². The third-order valence-corrected chi connectivity index (χ3v) is 4.83. The number of anilines is 1. The minimum atomic E-state index is -1.08. The Morgan fingerprint density at radius 1 is 1.14 bits per heavy atom. The van der Waals surface area contributed by atoms with Gasteiger partial charge in [-0.1, -0.05) is 23.7 Å². The molecule has 0 bridgehead atoms. The van der Waals surface area contributed by atoms with Gasteiger partial charge in [-0.25, -0.2) is 23.9 Å². The first-order valence-electron chi connectivity index (χ1n) is 8.40. The predicted octanol–water partition coefficient (Wildman–Crippen LogP) is 3.02. The second kappa shape index (κ2) is 9.54. The molecule has 0 aliphatic rings. The number of hydrogen-bond donors (Lipinski definition) is 2. The zero-order valence-electron chi connectivity index (χ0n) is 15.3. The van der Waals surface area contributed by atoms with Crippen molar-refractivity contribution in [2.75, 3.05) is 12.4 Å². The van der Waals surface area contributed by atoms with Crippen molar-refractivity contribution < 1.29 is 8.95 Å². The molecule has 10 heteroatoms. The van der Waals surface area contributed by atoms with Crippen molar-refractivity contribution in [3.63, 3.8) is 0 Å². The Balaban J connectivity index is 1.65. The first-order valence-corrected chi connectivity index (χ1v) is 10.1. The van der Waals surface area contributed by atoms with Crippen LogP contribution in [0.2, 0.25) is 5.02 Å². The lowest BCUT2D eigenvalue weighted by Gasteiger charge is -2.09. The third-order valence-electron chi connectivity index (χ3n) is 3.59. The summed E-state index contributed by atoms with van der Waals surface area (Å²) in [5, 5.41) is 3.55. The Labute approximate surface area is 170 Å². The predicted molar refractivity (Wildman–Crippen MR) is 109 cm³/mol. The van der Waals surface area contributed by atoms with Crippen LogP contribution in [0.1, 0.15) is 17.1 Å². The average Bonchev–Trinajstić information content (AvgIpc) is 2.68. The van der Waals surface area contributed by atoms with E-state index in [-0.39, 0.29) is 0 Å². The third kappa shape index (κ3) is 5.95. The highest BCUT2D eigenvalue weighted by molar-refractivity contribution is 7.82. The standard InChI is InChI=1S/C18H19ClN6O2S/c1-12-24-15(10-23-18-21-8-14(19)9-22-18)7-17(25-12)27-16-5-3-13(4-6-16)11-28(26)20-2/h3-9,20H,10-11H2,1-2H3,(H,21,22,23). The Morgan fingerprint density at radius 2 is 1.86 bits per heavy atom. The minimum absolute atomic E-state index is 0.413. The van der Waals surface area contributed by atoms with Crippen LogP contribution in [0.5, 0.6) is 11.6 Å². The molecule has 28 heavy (non-hydrogen) atoms. The van der Waals surface area contributed by atoms with E-state index in [1.807, 2.05) is 24.3 Å². The van der Waals surface area contributed by atoms with E-state index in [0.717, 1.165) is 11.3 Å². The molecule has 2 heterocycles. The van der Waals surface area contributed by atoms with Gasteiger partial charge < -0.3 is 10.1 Å². The molecule has 0 aliphatic heterocycles. The second-order valence-electron chi connectivity index (χ2n) is 5.76. The minimum Gasteiger partial charge on any atom is -0.439 e. The Bertz CT molecular complexity index is 953. The molecular formula is C18H19ClN6O2S. The van der Waals surface area contributed by atoms with Crippen LogP contribution in [0.25, 0.3) is 0 Å². The van der Waals surface area contributed by atoms with Gasteiger partial charge in [0.05, 0.1) is 46.4 Å². The SMILES string of the molecule is CNS(=O)Cc1ccc(Oc2cc(CNc3ncc(Cl)cn3)nc(C)n2)cc1. The Hall–Kier alpha value is -2.62. The number of hydrogen-bond acceptors (Lipinski definition) is 7. The van der Waals surface area contributed by atoms with Gasteiger partial charge in [-0.05, 0) is 31.7 Å². The Morgan fingerprint density at radius 3 is 2.54 bits per heavy atom. The summed E-state index contributed by atoms with van der Waals surface area (Å²) in [5.74, 6) is 2.56. The van der Waals surface area contributed by atoms with Crippen LogP contribution in [-0.2, 0) is 23.3 Å². The van der Waals surface area contributed by atoms with Crippen molar-refractivity contribution >= 4 is 28.5 Å². The molecule has 0 spiro atoms. The molecular weight excluding hydrogens is 400 g/mol. The molecule has 1 atom stereocenters. The van der Waals surface area contributed by atoms with Gasteiger partial charge in [-0.3, -0.25) is 0 Å². The van der Waals surface area contributed by atoms with Gasteiger partial charge in [-0.2, -0.15) is 4.98 Å². The van der Waals surface area contributed by atoms with Crippen molar-refractivity contribution in [1.29, 1.82) is 0 Å². The topological polar surface area (TPSA) is 102 Å². The van der Waals surface area contributed by atoms with Crippen molar-refractivity contribution in [2.24, 2.45) is 0 Å². The molecule has 2 N–H and O–H groups in total. The summed E-state index contributed by atoms with van der Waals surface area (Å²) in [6, 6.07) is 9.13. The maximum Gasteiger partial charge on any atom is 0.222 e. The highest BCUT2D eigenvalue weighted by Gasteiger charge is 2.06. The fourth-order valence-corrected chi connectivity index (χ4v) is 3.05. The van der Waals surface area contributed by atoms with E-state index in [2.05, 4.69) is 30.0 Å². The summed E-state index contributed by atoms with van der Waals surface area (Å²) in [7, 11) is 0.579. The largest absolute Gasteiger partial charge is 0.439 e. The van der Waals surface area contributed by atoms with E-state index < -0.39 is 11.0 Å². The lowest BCUT2D eigenvalue weighted by molar-refractivity contribution is 0.458. The molecule has 1 unspecified atom stereocenters. The molecule has 146 valence electrons. The van der Waals surface area contributed by atoms with Crippen LogP contribution < -0.4 is 14.8 Å². The van der Waals surface area contributed by atoms with Crippen LogP contribution in [0, 0.1) is 6.92 Å². The number of aromatic nitrogens is 4. The smallest absolute Gasteiger partial charge is 0.222 e. The average molecular weight is 419 g/mol. The van der Waals surface area contributed by atoms with E-state index >= 15 is 0 Å². The van der Waals surface area contributed by atoms with Crippen molar-refractivity contribution in [3.8, 4) is 11.6 Å². The molecule has 2 aromatic heterocycles. The number of ether oxygens (including phenoxy) is 1. The fraction of sp³-hybridized carbons (Fsp3) is 0.222. The summed E-state index contributed by atoms with van der Waals surface area (Å²) in [6.45, 7) is 2.21. The molecule has 0 saturated heterocycles. The van der Waals surface area contributed by atoms with Gasteiger partial charge in [0.2, 0.25) is 11.8 Å². The van der Waals surface area contributed by atoms with Gasteiger partial charge in [0.1, 0.15) is 11.6 Å². The maximum atomic E-state index is 11.5. The normalized spacial score (nSPS) is 11.8. The van der Waals surface area contributed by atoms with Gasteiger partial charge in [0.15, 0.2) is 0 Å². The van der Waals surface area contributed by atoms with Crippen LogP contribution in [0.3, 0.4) is 0 Å². The highest BCUT2D eigenvalue weighted by Crippen LogP contribution is 2.21. The van der Waals surface area contributed by atoms with Gasteiger partial charge in [0.25, 0.3) is 0 Å². The molecule has 0 saturated carbocycles. The van der Waals surface area contributed by atoms with E-state index in [0.29, 0.717) is 40.7 Å². The lowest BCUT2D eigenvalue weighted by atomic mass is 10.2. The molecule has 0 aliphatic carbocycles. The quantitative estimate of drug-likeness (QED) is 0.579. The van der Waals surface area contributed by atoms with Crippen molar-refractivity contribution in [1.82, 2.24) is 24.7 Å². The second-order valence-corrected chi connectivity index (χ2v) is 7.59. The van der Waals surface area contributed by atoms with Crippen LogP contribution >= 0.6 is 11.6 Å². The molecule has 0 radical (unpaired) electrons. The van der Waals surface area contributed by atoms with Crippen LogP contribution in [0.15, 0.2) is 42.7 Å². The van der Waals surface area contributed by atoms with E-state index in [4.69, 9.17) is 16.3 Å². The summed E-state index contributed by atoms with van der Waals surface area (Å²) >= 11 is 5.78. The molecule has 1 aromatic carbocycles. The first kappa shape index (κ1) is 20.1. The first-order chi connectivity index (χ1) is 13.5. The highest BCUT2D eigenvalue weighted by atomic mass is 35.5. The van der Waals surface area contributed by atoms with E-state index in [1.54, 1.807) is 20.0 Å². The number of nitrogens with one attached hydrogen (secondary N) is 2. The Kier molecular flexibility index (Phi) is 6.85. The van der Waals surface area contributed by atoms with Gasteiger partial charge in [-0.15, -0.1) is 0 Å². The summed E-state index contributed by atoms with van der Waals surface area (Å²) < 4.78 is 20.1. The number of nitrogens with zero attached hydrogens (tertiary/aromatic N) is 4. The molecule has 0 fully saturated rings. The molecule has 8 nitrogen and oxygen atoms in total. The zero-order chi connectivity index (χ0) is 19.9. The van der Waals surface area contributed by atoms with E-state index in [1.165, 1.54) is 12.4 Å². The fourth-order valence-electron chi connectivity index (χ4n) is 2.31. The molecule has 3 aromatic rings. The lowest BCUT2D eigenvalue weighted by Crippen LogP contribution is -2.12. The van der Waals surface area contributed by atoms with E-state index in [9.17, 15) is 4.21 Å². The monoisotopic (exact) mass is 418 g/mol. The summed E-state index contributed by atoms with van der Waals surface area (Å²) in [4.78, 5) is 16.9. The number of aryl methyl sites for hydroxylation is 1. The van der Waals surface area contributed by atoms with Crippen molar-refractivity contribution in [3.05, 3.63) is 64.8 Å². The van der Waals surface area contributed by atoms with Crippen molar-refractivity contribution in [2.45, 2.75) is 19.2 Å². The van der Waals surface area contributed by atoms with Gasteiger partial charge in [0, 0.05) is 6.07 Å².